The third kappa shape index (κ3) is 3.75. The van der Waals surface area contributed by atoms with Gasteiger partial charge in [0.25, 0.3) is 5.91 Å². The molecule has 0 spiro atoms. The Labute approximate surface area is 103 Å². The van der Waals surface area contributed by atoms with Crippen molar-refractivity contribution in [3.63, 3.8) is 0 Å². The zero-order valence-electron chi connectivity index (χ0n) is 11.0. The van der Waals surface area contributed by atoms with Gasteiger partial charge in [0.05, 0.1) is 5.56 Å². The maximum absolute atomic E-state index is 12.2. The van der Waals surface area contributed by atoms with Crippen LogP contribution in [0.5, 0.6) is 0 Å². The van der Waals surface area contributed by atoms with Crippen LogP contribution >= 0.6 is 0 Å². The van der Waals surface area contributed by atoms with E-state index in [2.05, 4.69) is 0 Å². The van der Waals surface area contributed by atoms with Crippen LogP contribution in [0.3, 0.4) is 0 Å². The second-order valence-corrected chi connectivity index (χ2v) is 4.62. The van der Waals surface area contributed by atoms with E-state index in [1.807, 2.05) is 38.1 Å². The number of carbonyl (C=O) groups excluding carboxylic acids is 1. The van der Waals surface area contributed by atoms with E-state index in [1.54, 1.807) is 18.0 Å². The van der Waals surface area contributed by atoms with Crippen LogP contribution in [0.15, 0.2) is 18.2 Å². The second kappa shape index (κ2) is 5.68. The van der Waals surface area contributed by atoms with Crippen molar-refractivity contribution in [2.45, 2.75) is 6.92 Å². The molecule has 17 heavy (non-hydrogen) atoms. The molecule has 0 fully saturated rings. The molecule has 0 atom stereocenters. The summed E-state index contributed by atoms with van der Waals surface area (Å²) in [5.41, 5.74) is 8.00. The molecule has 1 aromatic rings. The monoisotopic (exact) mass is 235 g/mol. The van der Waals surface area contributed by atoms with Gasteiger partial charge in [0.15, 0.2) is 0 Å². The lowest BCUT2D eigenvalue weighted by Crippen LogP contribution is -2.33. The Morgan fingerprint density at radius 2 is 1.88 bits per heavy atom. The fourth-order valence-corrected chi connectivity index (χ4v) is 1.51. The average molecular weight is 235 g/mol. The number of nitrogens with two attached hydrogens (primary N) is 1. The van der Waals surface area contributed by atoms with Crippen molar-refractivity contribution in [1.82, 2.24) is 9.80 Å². The Morgan fingerprint density at radius 3 is 2.47 bits per heavy atom. The van der Waals surface area contributed by atoms with E-state index >= 15 is 0 Å². The largest absolute Gasteiger partial charge is 0.398 e. The number of nitrogen functional groups attached to an aromatic ring is 1. The summed E-state index contributed by atoms with van der Waals surface area (Å²) in [5, 5.41) is 0. The van der Waals surface area contributed by atoms with Crippen LogP contribution in [0, 0.1) is 6.92 Å². The normalized spacial score (nSPS) is 10.6. The topological polar surface area (TPSA) is 49.6 Å². The number of rotatable bonds is 4. The summed E-state index contributed by atoms with van der Waals surface area (Å²) >= 11 is 0. The first kappa shape index (κ1) is 13.5. The number of benzene rings is 1. The molecule has 0 aromatic heterocycles. The van der Waals surface area contributed by atoms with Gasteiger partial charge in [-0.2, -0.15) is 0 Å². The summed E-state index contributed by atoms with van der Waals surface area (Å²) in [5.74, 6) is -0.0203. The van der Waals surface area contributed by atoms with Gasteiger partial charge in [0, 0.05) is 25.8 Å². The standard InChI is InChI=1S/C13H21N3O/c1-10-5-6-12(14)11(9-10)13(17)16(4)8-7-15(2)3/h5-6,9H,7-8,14H2,1-4H3. The summed E-state index contributed by atoms with van der Waals surface area (Å²) < 4.78 is 0. The summed E-state index contributed by atoms with van der Waals surface area (Å²) in [6.07, 6.45) is 0. The van der Waals surface area contributed by atoms with Gasteiger partial charge < -0.3 is 15.5 Å². The Morgan fingerprint density at radius 1 is 1.24 bits per heavy atom. The quantitative estimate of drug-likeness (QED) is 0.798. The zero-order chi connectivity index (χ0) is 13.0. The number of hydrogen-bond donors (Lipinski definition) is 1. The lowest BCUT2D eigenvalue weighted by atomic mass is 10.1. The molecule has 2 N–H and O–H groups in total. The highest BCUT2D eigenvalue weighted by molar-refractivity contribution is 5.99. The molecule has 0 unspecified atom stereocenters. The minimum atomic E-state index is -0.0203. The van der Waals surface area contributed by atoms with Crippen molar-refractivity contribution < 1.29 is 4.79 Å². The molecule has 0 heterocycles. The fourth-order valence-electron chi connectivity index (χ4n) is 1.51. The SMILES string of the molecule is Cc1ccc(N)c(C(=O)N(C)CCN(C)C)c1. The molecular formula is C13H21N3O. The molecule has 0 aliphatic rings. The lowest BCUT2D eigenvalue weighted by molar-refractivity contribution is 0.0787. The van der Waals surface area contributed by atoms with Crippen LogP contribution in [0.1, 0.15) is 15.9 Å². The summed E-state index contributed by atoms with van der Waals surface area (Å²) in [4.78, 5) is 15.9. The molecule has 0 saturated carbocycles. The first-order valence-corrected chi connectivity index (χ1v) is 5.68. The van der Waals surface area contributed by atoms with Gasteiger partial charge in [0.2, 0.25) is 0 Å². The Kier molecular flexibility index (Phi) is 4.52. The van der Waals surface area contributed by atoms with Gasteiger partial charge in [-0.05, 0) is 33.2 Å². The van der Waals surface area contributed by atoms with Crippen LogP contribution in [0.25, 0.3) is 0 Å². The molecule has 0 saturated heterocycles. The average Bonchev–Trinajstić information content (AvgIpc) is 2.28. The molecule has 0 radical (unpaired) electrons. The van der Waals surface area contributed by atoms with Gasteiger partial charge >= 0.3 is 0 Å². The molecule has 0 bridgehead atoms. The van der Waals surface area contributed by atoms with Crippen molar-refractivity contribution in [3.8, 4) is 0 Å². The maximum Gasteiger partial charge on any atom is 0.255 e. The summed E-state index contributed by atoms with van der Waals surface area (Å²) in [6.45, 7) is 3.49. The van der Waals surface area contributed by atoms with Gasteiger partial charge in [0.1, 0.15) is 0 Å². The van der Waals surface area contributed by atoms with Crippen molar-refractivity contribution in [3.05, 3.63) is 29.3 Å². The van der Waals surface area contributed by atoms with Crippen LogP contribution in [-0.2, 0) is 0 Å². The second-order valence-electron chi connectivity index (χ2n) is 4.62. The number of aryl methyl sites for hydroxylation is 1. The first-order chi connectivity index (χ1) is 7.91. The van der Waals surface area contributed by atoms with Crippen molar-refractivity contribution >= 4 is 11.6 Å². The van der Waals surface area contributed by atoms with Crippen LogP contribution < -0.4 is 5.73 Å². The molecule has 4 nitrogen and oxygen atoms in total. The summed E-state index contributed by atoms with van der Waals surface area (Å²) in [6, 6.07) is 5.53. The van der Waals surface area contributed by atoms with E-state index in [9.17, 15) is 4.79 Å². The van der Waals surface area contributed by atoms with Gasteiger partial charge in [-0.15, -0.1) is 0 Å². The number of hydrogen-bond acceptors (Lipinski definition) is 3. The third-order valence-electron chi connectivity index (χ3n) is 2.67. The molecule has 94 valence electrons. The number of likely N-dealkylation sites (N-methyl/N-ethyl adjacent to an activating group) is 2. The van der Waals surface area contributed by atoms with E-state index in [0.29, 0.717) is 17.8 Å². The maximum atomic E-state index is 12.2. The Hall–Kier alpha value is -1.55. The van der Waals surface area contributed by atoms with Crippen LogP contribution in [0.4, 0.5) is 5.69 Å². The lowest BCUT2D eigenvalue weighted by Gasteiger charge is -2.20. The first-order valence-electron chi connectivity index (χ1n) is 5.68. The predicted octanol–water partition coefficient (Wildman–Crippen LogP) is 1.21. The number of anilines is 1. The van der Waals surface area contributed by atoms with Gasteiger partial charge in [-0.25, -0.2) is 0 Å². The van der Waals surface area contributed by atoms with Crippen molar-refractivity contribution in [2.75, 3.05) is 40.0 Å². The minimum absolute atomic E-state index is 0.0203. The molecule has 1 amide bonds. The Balaban J connectivity index is 2.78. The van der Waals surface area contributed by atoms with Crippen molar-refractivity contribution in [1.29, 1.82) is 0 Å². The van der Waals surface area contributed by atoms with E-state index in [0.717, 1.165) is 12.1 Å². The highest BCUT2D eigenvalue weighted by Gasteiger charge is 2.14. The minimum Gasteiger partial charge on any atom is -0.398 e. The number of nitrogens with zero attached hydrogens (tertiary/aromatic N) is 2. The van der Waals surface area contributed by atoms with Crippen molar-refractivity contribution in [2.24, 2.45) is 0 Å². The third-order valence-corrected chi connectivity index (χ3v) is 2.67. The molecule has 1 rings (SSSR count). The van der Waals surface area contributed by atoms with Gasteiger partial charge in [-0.1, -0.05) is 11.6 Å². The molecular weight excluding hydrogens is 214 g/mol. The van der Waals surface area contributed by atoms with E-state index in [-0.39, 0.29) is 5.91 Å². The highest BCUT2D eigenvalue weighted by atomic mass is 16.2. The predicted molar refractivity (Wildman–Crippen MR) is 71.1 cm³/mol. The molecule has 1 aromatic carbocycles. The Bertz CT molecular complexity index is 402. The van der Waals surface area contributed by atoms with Crippen LogP contribution in [-0.4, -0.2) is 49.9 Å². The van der Waals surface area contributed by atoms with Gasteiger partial charge in [-0.3, -0.25) is 4.79 Å². The van der Waals surface area contributed by atoms with E-state index in [4.69, 9.17) is 5.73 Å². The summed E-state index contributed by atoms with van der Waals surface area (Å²) in [7, 11) is 5.77. The highest BCUT2D eigenvalue weighted by Crippen LogP contribution is 2.15. The fraction of sp³-hybridized carbons (Fsp3) is 0.462. The number of amides is 1. The molecule has 0 aliphatic heterocycles. The zero-order valence-corrected chi connectivity index (χ0v) is 11.0. The van der Waals surface area contributed by atoms with Crippen LogP contribution in [0.2, 0.25) is 0 Å². The van der Waals surface area contributed by atoms with E-state index in [1.165, 1.54) is 0 Å². The van der Waals surface area contributed by atoms with E-state index < -0.39 is 0 Å². The number of carbonyl (C=O) groups is 1. The molecule has 0 aliphatic carbocycles. The smallest absolute Gasteiger partial charge is 0.255 e. The molecule has 4 heteroatoms.